The fourth-order valence-electron chi connectivity index (χ4n) is 2.46. The van der Waals surface area contributed by atoms with E-state index in [1.54, 1.807) is 0 Å². The first-order chi connectivity index (χ1) is 13.1. The lowest BCUT2D eigenvalue weighted by atomic mass is 10.1. The molecule has 3 aromatic rings. The van der Waals surface area contributed by atoms with Gasteiger partial charge >= 0.3 is 6.11 Å². The predicted molar refractivity (Wildman–Crippen MR) is 82.6 cm³/mol. The summed E-state index contributed by atoms with van der Waals surface area (Å²) in [6.07, 6.45) is -4.47. The van der Waals surface area contributed by atoms with E-state index >= 15 is 0 Å². The molecule has 3 rings (SSSR count). The monoisotopic (exact) mass is 404 g/mol. The van der Waals surface area contributed by atoms with Gasteiger partial charge in [-0.05, 0) is 35.4 Å². The van der Waals surface area contributed by atoms with Gasteiger partial charge < -0.3 is 4.74 Å². The number of halogens is 8. The van der Waals surface area contributed by atoms with Gasteiger partial charge in [-0.1, -0.05) is 12.1 Å². The van der Waals surface area contributed by atoms with Gasteiger partial charge in [0.15, 0.2) is 17.5 Å². The average Bonchev–Trinajstić information content (AvgIpc) is 2.58. The summed E-state index contributed by atoms with van der Waals surface area (Å²) in [6.45, 7) is 0. The summed E-state index contributed by atoms with van der Waals surface area (Å²) in [7, 11) is 0. The number of hydrogen-bond acceptors (Lipinski definition) is 1. The van der Waals surface area contributed by atoms with E-state index < -0.39 is 52.3 Å². The zero-order chi connectivity index (χ0) is 20.6. The van der Waals surface area contributed by atoms with Crippen molar-refractivity contribution >= 4 is 0 Å². The van der Waals surface area contributed by atoms with Crippen LogP contribution in [0.5, 0.6) is 5.75 Å². The summed E-state index contributed by atoms with van der Waals surface area (Å²) in [5.41, 5.74) is -1.72. The molecule has 0 spiro atoms. The molecule has 0 aliphatic carbocycles. The Labute approximate surface area is 152 Å². The highest BCUT2D eigenvalue weighted by Gasteiger charge is 2.41. The van der Waals surface area contributed by atoms with Crippen molar-refractivity contribution in [2.24, 2.45) is 0 Å². The predicted octanol–water partition coefficient (Wildman–Crippen LogP) is 6.32. The van der Waals surface area contributed by atoms with Gasteiger partial charge in [-0.3, -0.25) is 0 Å². The molecule has 0 saturated heterocycles. The molecule has 0 unspecified atom stereocenters. The lowest BCUT2D eigenvalue weighted by Gasteiger charge is -2.19. The molecule has 0 bridgehead atoms. The number of ether oxygens (including phenoxy) is 1. The van der Waals surface area contributed by atoms with Crippen LogP contribution in [-0.4, -0.2) is 0 Å². The van der Waals surface area contributed by atoms with Gasteiger partial charge in [-0.15, -0.1) is 0 Å². The molecule has 0 saturated carbocycles. The Morgan fingerprint density at radius 3 is 1.61 bits per heavy atom. The van der Waals surface area contributed by atoms with Crippen LogP contribution in [0.1, 0.15) is 5.56 Å². The molecule has 3 aromatic carbocycles. The summed E-state index contributed by atoms with van der Waals surface area (Å²) >= 11 is 0. The minimum Gasteiger partial charge on any atom is -0.429 e. The number of alkyl halides is 2. The third kappa shape index (κ3) is 3.78. The van der Waals surface area contributed by atoms with Gasteiger partial charge in [0.25, 0.3) is 0 Å². The molecule has 0 fully saturated rings. The van der Waals surface area contributed by atoms with Crippen LogP contribution in [0.2, 0.25) is 0 Å². The van der Waals surface area contributed by atoms with Crippen LogP contribution in [0, 0.1) is 34.9 Å². The molecule has 0 aromatic heterocycles. The maximum atomic E-state index is 14.1. The van der Waals surface area contributed by atoms with E-state index in [1.165, 1.54) is 0 Å². The van der Waals surface area contributed by atoms with Gasteiger partial charge in [0, 0.05) is 12.1 Å². The molecule has 0 amide bonds. The zero-order valence-electron chi connectivity index (χ0n) is 13.6. The molecular formula is C19H8F8O. The summed E-state index contributed by atoms with van der Waals surface area (Å²) < 4.78 is 112. The average molecular weight is 404 g/mol. The van der Waals surface area contributed by atoms with E-state index in [9.17, 15) is 35.1 Å². The minimum absolute atomic E-state index is 0.0784. The summed E-state index contributed by atoms with van der Waals surface area (Å²) in [5, 5.41) is 0. The Morgan fingerprint density at radius 2 is 1.11 bits per heavy atom. The maximum absolute atomic E-state index is 14.1. The van der Waals surface area contributed by atoms with Gasteiger partial charge in [0.1, 0.15) is 28.8 Å². The quantitative estimate of drug-likeness (QED) is 0.366. The molecule has 28 heavy (non-hydrogen) atoms. The van der Waals surface area contributed by atoms with Crippen LogP contribution in [0.15, 0.2) is 48.5 Å². The molecule has 0 aliphatic rings. The van der Waals surface area contributed by atoms with E-state index in [2.05, 4.69) is 4.74 Å². The summed E-state index contributed by atoms with van der Waals surface area (Å²) in [6, 6.07) is 5.69. The van der Waals surface area contributed by atoms with Crippen molar-refractivity contribution in [3.05, 3.63) is 89.0 Å². The highest BCUT2D eigenvalue weighted by atomic mass is 19.3. The SMILES string of the molecule is Fc1cc(F)c(C(F)(F)Oc2ccc(-c3cc(F)c(F)c(F)c3)cc2)c(F)c1. The Kier molecular flexibility index (Phi) is 5.01. The van der Waals surface area contributed by atoms with E-state index in [0.717, 1.165) is 24.3 Å². The minimum atomic E-state index is -4.47. The lowest BCUT2D eigenvalue weighted by molar-refractivity contribution is -0.189. The number of benzene rings is 3. The zero-order valence-corrected chi connectivity index (χ0v) is 13.6. The normalized spacial score (nSPS) is 11.6. The molecule has 0 atom stereocenters. The summed E-state index contributed by atoms with van der Waals surface area (Å²) in [5.74, 6) is -10.1. The molecule has 1 nitrogen and oxygen atoms in total. The third-order valence-corrected chi connectivity index (χ3v) is 3.72. The Balaban J connectivity index is 1.88. The van der Waals surface area contributed by atoms with Crippen molar-refractivity contribution in [3.63, 3.8) is 0 Å². The second-order valence-corrected chi connectivity index (χ2v) is 5.64. The second kappa shape index (κ2) is 7.14. The van der Waals surface area contributed by atoms with Crippen LogP contribution in [0.3, 0.4) is 0 Å². The first-order valence-corrected chi connectivity index (χ1v) is 7.55. The number of rotatable bonds is 4. The molecule has 146 valence electrons. The van der Waals surface area contributed by atoms with Crippen molar-refractivity contribution in [1.82, 2.24) is 0 Å². The van der Waals surface area contributed by atoms with E-state index in [-0.39, 0.29) is 23.3 Å². The smallest absolute Gasteiger partial charge is 0.429 e. The Bertz CT molecular complexity index is 985. The van der Waals surface area contributed by atoms with Crippen LogP contribution in [0.4, 0.5) is 35.1 Å². The Morgan fingerprint density at radius 1 is 0.607 bits per heavy atom. The molecular weight excluding hydrogens is 396 g/mol. The summed E-state index contributed by atoms with van der Waals surface area (Å²) in [4.78, 5) is 0. The van der Waals surface area contributed by atoms with Gasteiger partial charge in [0.2, 0.25) is 0 Å². The molecule has 0 N–H and O–H groups in total. The van der Waals surface area contributed by atoms with Crippen LogP contribution >= 0.6 is 0 Å². The van der Waals surface area contributed by atoms with Crippen molar-refractivity contribution < 1.29 is 39.9 Å². The Hall–Kier alpha value is -3.10. The number of hydrogen-bond donors (Lipinski definition) is 0. The topological polar surface area (TPSA) is 9.23 Å². The van der Waals surface area contributed by atoms with Crippen molar-refractivity contribution in [2.45, 2.75) is 6.11 Å². The van der Waals surface area contributed by atoms with Crippen molar-refractivity contribution in [1.29, 1.82) is 0 Å². The first kappa shape index (κ1) is 19.7. The molecule has 9 heteroatoms. The van der Waals surface area contributed by atoms with Crippen LogP contribution in [0.25, 0.3) is 11.1 Å². The standard InChI is InChI=1S/C19H8F8O/c20-11-7-13(21)17(14(22)8-11)19(26,27)28-12-3-1-9(2-4-12)10-5-15(23)18(25)16(24)6-10/h1-8H. The lowest BCUT2D eigenvalue weighted by Crippen LogP contribution is -2.25. The highest BCUT2D eigenvalue weighted by molar-refractivity contribution is 5.64. The third-order valence-electron chi connectivity index (χ3n) is 3.72. The molecule has 0 radical (unpaired) electrons. The molecule has 0 heterocycles. The first-order valence-electron chi connectivity index (χ1n) is 7.55. The molecule has 0 aliphatic heterocycles. The van der Waals surface area contributed by atoms with Crippen molar-refractivity contribution in [2.75, 3.05) is 0 Å². The van der Waals surface area contributed by atoms with Gasteiger partial charge in [0.05, 0.1) is 0 Å². The van der Waals surface area contributed by atoms with E-state index in [4.69, 9.17) is 0 Å². The van der Waals surface area contributed by atoms with Gasteiger partial charge in [-0.25, -0.2) is 26.3 Å². The highest BCUT2D eigenvalue weighted by Crippen LogP contribution is 2.36. The van der Waals surface area contributed by atoms with Crippen molar-refractivity contribution in [3.8, 4) is 16.9 Å². The second-order valence-electron chi connectivity index (χ2n) is 5.64. The van der Waals surface area contributed by atoms with Crippen LogP contribution in [-0.2, 0) is 6.11 Å². The maximum Gasteiger partial charge on any atom is 0.432 e. The van der Waals surface area contributed by atoms with Crippen LogP contribution < -0.4 is 4.74 Å². The largest absolute Gasteiger partial charge is 0.432 e. The van der Waals surface area contributed by atoms with E-state index in [1.807, 2.05) is 0 Å². The fourth-order valence-corrected chi connectivity index (χ4v) is 2.46. The van der Waals surface area contributed by atoms with Gasteiger partial charge in [-0.2, -0.15) is 8.78 Å². The fraction of sp³-hybridized carbons (Fsp3) is 0.0526. The van der Waals surface area contributed by atoms with E-state index in [0.29, 0.717) is 12.1 Å².